The molecule has 20 heavy (non-hydrogen) atoms. The van der Waals surface area contributed by atoms with Gasteiger partial charge in [-0.2, -0.15) is 5.26 Å². The summed E-state index contributed by atoms with van der Waals surface area (Å²) in [7, 11) is 1.89. The van der Waals surface area contributed by atoms with Crippen molar-refractivity contribution in [3.63, 3.8) is 0 Å². The van der Waals surface area contributed by atoms with E-state index in [-0.39, 0.29) is 0 Å². The van der Waals surface area contributed by atoms with Gasteiger partial charge in [0.2, 0.25) is 5.95 Å². The molecule has 2 rings (SSSR count). The SMILES string of the molecule is Cc1ccc(Br)cc1-c1cnc(N(C)CCC#N)nc1. The van der Waals surface area contributed by atoms with E-state index in [4.69, 9.17) is 5.26 Å². The second-order valence-corrected chi connectivity index (χ2v) is 5.48. The number of aryl methyl sites for hydroxylation is 1. The Balaban J connectivity index is 2.24. The van der Waals surface area contributed by atoms with Crippen LogP contribution in [0.3, 0.4) is 0 Å². The minimum Gasteiger partial charge on any atom is -0.343 e. The van der Waals surface area contributed by atoms with Gasteiger partial charge in [0, 0.05) is 36.0 Å². The summed E-state index contributed by atoms with van der Waals surface area (Å²) in [6.07, 6.45) is 4.10. The standard InChI is InChI=1S/C15H15BrN4/c1-11-4-5-13(16)8-14(11)12-9-18-15(19-10-12)20(2)7-3-6-17/h4-5,8-10H,3,7H2,1-2H3. The van der Waals surface area contributed by atoms with Gasteiger partial charge < -0.3 is 4.90 Å². The molecule has 1 aromatic heterocycles. The van der Waals surface area contributed by atoms with Crippen LogP contribution < -0.4 is 4.90 Å². The fourth-order valence-corrected chi connectivity index (χ4v) is 2.24. The van der Waals surface area contributed by atoms with E-state index in [0.29, 0.717) is 18.9 Å². The minimum absolute atomic E-state index is 0.465. The molecule has 0 aliphatic carbocycles. The van der Waals surface area contributed by atoms with Crippen molar-refractivity contribution in [3.8, 4) is 17.2 Å². The van der Waals surface area contributed by atoms with E-state index in [1.165, 1.54) is 5.56 Å². The average Bonchev–Trinajstić information content (AvgIpc) is 2.47. The summed E-state index contributed by atoms with van der Waals surface area (Å²) in [4.78, 5) is 10.6. The molecule has 0 aliphatic heterocycles. The van der Waals surface area contributed by atoms with E-state index in [1.54, 1.807) is 0 Å². The molecule has 0 bridgehead atoms. The molecule has 0 amide bonds. The van der Waals surface area contributed by atoms with E-state index in [0.717, 1.165) is 15.6 Å². The van der Waals surface area contributed by atoms with Gasteiger partial charge in [-0.25, -0.2) is 9.97 Å². The molecule has 0 unspecified atom stereocenters. The number of nitriles is 1. The molecular formula is C15H15BrN4. The Bertz CT molecular complexity index is 631. The van der Waals surface area contributed by atoms with Gasteiger partial charge in [0.05, 0.1) is 12.5 Å². The summed E-state index contributed by atoms with van der Waals surface area (Å²) < 4.78 is 1.04. The molecule has 1 aromatic carbocycles. The van der Waals surface area contributed by atoms with Crippen molar-refractivity contribution in [2.24, 2.45) is 0 Å². The predicted octanol–water partition coefficient (Wildman–Crippen LogP) is 3.56. The van der Waals surface area contributed by atoms with E-state index >= 15 is 0 Å². The molecule has 0 aliphatic rings. The molecular weight excluding hydrogens is 316 g/mol. The number of rotatable bonds is 4. The molecule has 4 nitrogen and oxygen atoms in total. The van der Waals surface area contributed by atoms with Gasteiger partial charge in [-0.05, 0) is 30.2 Å². The summed E-state index contributed by atoms with van der Waals surface area (Å²) in [6, 6.07) is 8.26. The number of hydrogen-bond acceptors (Lipinski definition) is 4. The van der Waals surface area contributed by atoms with E-state index in [2.05, 4.69) is 51.0 Å². The molecule has 2 aromatic rings. The van der Waals surface area contributed by atoms with Crippen LogP contribution >= 0.6 is 15.9 Å². The molecule has 0 saturated heterocycles. The van der Waals surface area contributed by atoms with Gasteiger partial charge in [-0.15, -0.1) is 0 Å². The van der Waals surface area contributed by atoms with Gasteiger partial charge in [0.25, 0.3) is 0 Å². The summed E-state index contributed by atoms with van der Waals surface area (Å²) in [5, 5.41) is 8.59. The smallest absolute Gasteiger partial charge is 0.225 e. The first-order valence-corrected chi connectivity index (χ1v) is 7.08. The van der Waals surface area contributed by atoms with Crippen LogP contribution in [-0.2, 0) is 0 Å². The molecule has 0 saturated carbocycles. The van der Waals surface area contributed by atoms with Crippen molar-refractivity contribution >= 4 is 21.9 Å². The van der Waals surface area contributed by atoms with Gasteiger partial charge in [-0.1, -0.05) is 22.0 Å². The van der Waals surface area contributed by atoms with Crippen molar-refractivity contribution in [1.82, 2.24) is 9.97 Å². The number of nitrogens with zero attached hydrogens (tertiary/aromatic N) is 4. The Morgan fingerprint density at radius 2 is 2.00 bits per heavy atom. The molecule has 102 valence electrons. The largest absolute Gasteiger partial charge is 0.343 e. The summed E-state index contributed by atoms with van der Waals surface area (Å²) >= 11 is 3.48. The zero-order valence-electron chi connectivity index (χ0n) is 11.5. The van der Waals surface area contributed by atoms with Crippen molar-refractivity contribution in [3.05, 3.63) is 40.6 Å². The third kappa shape index (κ3) is 3.34. The molecule has 0 radical (unpaired) electrons. The third-order valence-electron chi connectivity index (χ3n) is 3.05. The lowest BCUT2D eigenvalue weighted by atomic mass is 10.0. The second kappa shape index (κ2) is 6.49. The lowest BCUT2D eigenvalue weighted by molar-refractivity contribution is 0.859. The molecule has 0 fully saturated rings. The molecule has 5 heteroatoms. The monoisotopic (exact) mass is 330 g/mol. The maximum Gasteiger partial charge on any atom is 0.225 e. The molecule has 0 atom stereocenters. The van der Waals surface area contributed by atoms with Crippen LogP contribution in [0.5, 0.6) is 0 Å². The summed E-state index contributed by atoms with van der Waals surface area (Å²) in [6.45, 7) is 2.69. The number of aromatic nitrogens is 2. The van der Waals surface area contributed by atoms with Crippen LogP contribution in [0.15, 0.2) is 35.1 Å². The first-order chi connectivity index (χ1) is 9.61. The average molecular weight is 331 g/mol. The van der Waals surface area contributed by atoms with Crippen LogP contribution in [0.2, 0.25) is 0 Å². The summed E-state index contributed by atoms with van der Waals surface area (Å²) in [5.74, 6) is 0.636. The zero-order valence-corrected chi connectivity index (χ0v) is 13.1. The summed E-state index contributed by atoms with van der Waals surface area (Å²) in [5.41, 5.74) is 3.29. The fourth-order valence-electron chi connectivity index (χ4n) is 1.88. The van der Waals surface area contributed by atoms with Gasteiger partial charge >= 0.3 is 0 Å². The van der Waals surface area contributed by atoms with Crippen LogP contribution in [0, 0.1) is 18.3 Å². The number of anilines is 1. The molecule has 0 spiro atoms. The van der Waals surface area contributed by atoms with Crippen molar-refractivity contribution in [2.75, 3.05) is 18.5 Å². The lowest BCUT2D eigenvalue weighted by Gasteiger charge is -2.15. The highest BCUT2D eigenvalue weighted by Crippen LogP contribution is 2.26. The first-order valence-electron chi connectivity index (χ1n) is 6.28. The highest BCUT2D eigenvalue weighted by atomic mass is 79.9. The van der Waals surface area contributed by atoms with Crippen LogP contribution in [0.25, 0.3) is 11.1 Å². The van der Waals surface area contributed by atoms with E-state index in [1.807, 2.05) is 30.4 Å². The number of halogens is 1. The van der Waals surface area contributed by atoms with Crippen LogP contribution in [0.1, 0.15) is 12.0 Å². The Morgan fingerprint density at radius 1 is 1.30 bits per heavy atom. The molecule has 0 N–H and O–H groups in total. The van der Waals surface area contributed by atoms with E-state index in [9.17, 15) is 0 Å². The second-order valence-electron chi connectivity index (χ2n) is 4.56. The number of hydrogen-bond donors (Lipinski definition) is 0. The maximum atomic E-state index is 8.59. The Hall–Kier alpha value is -1.93. The van der Waals surface area contributed by atoms with Crippen molar-refractivity contribution in [1.29, 1.82) is 5.26 Å². The maximum absolute atomic E-state index is 8.59. The highest BCUT2D eigenvalue weighted by Gasteiger charge is 2.07. The van der Waals surface area contributed by atoms with Crippen molar-refractivity contribution < 1.29 is 0 Å². The highest BCUT2D eigenvalue weighted by molar-refractivity contribution is 9.10. The lowest BCUT2D eigenvalue weighted by Crippen LogP contribution is -2.20. The predicted molar refractivity (Wildman–Crippen MR) is 83.4 cm³/mol. The fraction of sp³-hybridized carbons (Fsp3) is 0.267. The van der Waals surface area contributed by atoms with Crippen molar-refractivity contribution in [2.45, 2.75) is 13.3 Å². The topological polar surface area (TPSA) is 52.8 Å². The molecule has 1 heterocycles. The Morgan fingerprint density at radius 3 is 2.65 bits per heavy atom. The first kappa shape index (κ1) is 14.5. The van der Waals surface area contributed by atoms with Gasteiger partial charge in [-0.3, -0.25) is 0 Å². The van der Waals surface area contributed by atoms with E-state index < -0.39 is 0 Å². The quantitative estimate of drug-likeness (QED) is 0.859. The van der Waals surface area contributed by atoms with Crippen LogP contribution in [-0.4, -0.2) is 23.6 Å². The third-order valence-corrected chi connectivity index (χ3v) is 3.54. The number of benzene rings is 1. The minimum atomic E-state index is 0.465. The van der Waals surface area contributed by atoms with Crippen LogP contribution in [0.4, 0.5) is 5.95 Å². The zero-order chi connectivity index (χ0) is 14.5. The normalized spacial score (nSPS) is 10.1. The Kier molecular flexibility index (Phi) is 4.70. The van der Waals surface area contributed by atoms with Gasteiger partial charge in [0.15, 0.2) is 0 Å². The van der Waals surface area contributed by atoms with Gasteiger partial charge in [0.1, 0.15) is 0 Å². The Labute approximate surface area is 127 Å².